The van der Waals surface area contributed by atoms with Crippen LogP contribution in [0.1, 0.15) is 36.9 Å². The van der Waals surface area contributed by atoms with Gasteiger partial charge in [-0.3, -0.25) is 0 Å². The van der Waals surface area contributed by atoms with E-state index >= 15 is 0 Å². The van der Waals surface area contributed by atoms with Gasteiger partial charge in [0.25, 0.3) is 0 Å². The van der Waals surface area contributed by atoms with Crippen molar-refractivity contribution in [2.24, 2.45) is 0 Å². The Hall–Kier alpha value is -0.860. The lowest BCUT2D eigenvalue weighted by molar-refractivity contribution is 0.171. The van der Waals surface area contributed by atoms with Crippen LogP contribution in [-0.2, 0) is 0 Å². The molecule has 0 aliphatic rings. The highest BCUT2D eigenvalue weighted by Crippen LogP contribution is 2.21. The first-order chi connectivity index (χ1) is 7.06. The average molecular weight is 207 g/mol. The third-order valence-corrected chi connectivity index (χ3v) is 2.78. The molecule has 0 spiro atoms. The molecule has 0 unspecified atom stereocenters. The first-order valence-electron chi connectivity index (χ1n) is 5.43. The van der Waals surface area contributed by atoms with Gasteiger partial charge in [-0.1, -0.05) is 38.1 Å². The van der Waals surface area contributed by atoms with Gasteiger partial charge in [-0.2, -0.15) is 0 Å². The van der Waals surface area contributed by atoms with Crippen molar-refractivity contribution in [3.05, 3.63) is 35.4 Å². The van der Waals surface area contributed by atoms with Crippen LogP contribution >= 0.6 is 0 Å². The van der Waals surface area contributed by atoms with Crippen LogP contribution in [0.25, 0.3) is 0 Å². The quantitative estimate of drug-likeness (QED) is 0.819. The molecular weight excluding hydrogens is 186 g/mol. The van der Waals surface area contributed by atoms with Gasteiger partial charge in [0.15, 0.2) is 0 Å². The Kier molecular flexibility index (Phi) is 4.30. The van der Waals surface area contributed by atoms with Crippen molar-refractivity contribution in [3.8, 4) is 0 Å². The fraction of sp³-hybridized carbons (Fsp3) is 0.538. The fourth-order valence-electron chi connectivity index (χ4n) is 1.67. The largest absolute Gasteiger partial charge is 0.394 e. The molecule has 1 N–H and O–H groups in total. The standard InChI is InChI=1S/C13H21NO/c1-10(2)11-5-7-12(8-6-11)13(9-15)14(3)4/h5-8,10,13,15H,9H2,1-4H3/t13-/m0/s1. The second-order valence-electron chi connectivity index (χ2n) is 4.48. The van der Waals surface area contributed by atoms with Gasteiger partial charge in [-0.25, -0.2) is 0 Å². The predicted molar refractivity (Wildman–Crippen MR) is 64.0 cm³/mol. The number of likely N-dealkylation sites (N-methyl/N-ethyl adjacent to an activating group) is 1. The van der Waals surface area contributed by atoms with Crippen LogP contribution < -0.4 is 0 Å². The van der Waals surface area contributed by atoms with Crippen molar-refractivity contribution in [3.63, 3.8) is 0 Å². The number of aliphatic hydroxyl groups is 1. The Bertz CT molecular complexity index is 290. The molecule has 1 aromatic carbocycles. The molecule has 2 heteroatoms. The van der Waals surface area contributed by atoms with Gasteiger partial charge < -0.3 is 10.0 Å². The average Bonchev–Trinajstić information content (AvgIpc) is 2.19. The molecule has 0 aromatic heterocycles. The third-order valence-electron chi connectivity index (χ3n) is 2.78. The van der Waals surface area contributed by atoms with E-state index < -0.39 is 0 Å². The summed E-state index contributed by atoms with van der Waals surface area (Å²) in [6.45, 7) is 4.53. The van der Waals surface area contributed by atoms with E-state index in [4.69, 9.17) is 0 Å². The lowest BCUT2D eigenvalue weighted by Gasteiger charge is -2.22. The molecule has 0 aliphatic carbocycles. The maximum atomic E-state index is 9.29. The van der Waals surface area contributed by atoms with Crippen molar-refractivity contribution < 1.29 is 5.11 Å². The summed E-state index contributed by atoms with van der Waals surface area (Å²) in [5.41, 5.74) is 2.51. The number of hydrogen-bond acceptors (Lipinski definition) is 2. The molecule has 0 saturated heterocycles. The molecule has 0 radical (unpaired) electrons. The number of rotatable bonds is 4. The topological polar surface area (TPSA) is 23.5 Å². The summed E-state index contributed by atoms with van der Waals surface area (Å²) in [4.78, 5) is 2.03. The highest BCUT2D eigenvalue weighted by molar-refractivity contribution is 5.26. The van der Waals surface area contributed by atoms with Crippen LogP contribution in [-0.4, -0.2) is 30.7 Å². The maximum absolute atomic E-state index is 9.29. The van der Waals surface area contributed by atoms with Gasteiger partial charge in [0.05, 0.1) is 12.6 Å². The zero-order chi connectivity index (χ0) is 11.4. The highest BCUT2D eigenvalue weighted by Gasteiger charge is 2.12. The molecule has 0 heterocycles. The number of aliphatic hydroxyl groups excluding tert-OH is 1. The summed E-state index contributed by atoms with van der Waals surface area (Å²) >= 11 is 0. The molecular formula is C13H21NO. The summed E-state index contributed by atoms with van der Waals surface area (Å²) in [7, 11) is 3.97. The van der Waals surface area contributed by atoms with Crippen LogP contribution in [0.5, 0.6) is 0 Å². The Morgan fingerprint density at radius 1 is 1.07 bits per heavy atom. The molecule has 0 bridgehead atoms. The van der Waals surface area contributed by atoms with E-state index in [1.54, 1.807) is 0 Å². The lowest BCUT2D eigenvalue weighted by Crippen LogP contribution is -2.23. The van der Waals surface area contributed by atoms with E-state index in [9.17, 15) is 5.11 Å². The number of hydrogen-bond donors (Lipinski definition) is 1. The second-order valence-corrected chi connectivity index (χ2v) is 4.48. The van der Waals surface area contributed by atoms with Crippen LogP contribution in [0.3, 0.4) is 0 Å². The Balaban J connectivity index is 2.87. The molecule has 1 aromatic rings. The van der Waals surface area contributed by atoms with Gasteiger partial charge in [-0.15, -0.1) is 0 Å². The molecule has 15 heavy (non-hydrogen) atoms. The summed E-state index contributed by atoms with van der Waals surface area (Å²) in [5.74, 6) is 0.561. The SMILES string of the molecule is CC(C)c1ccc([C@H](CO)N(C)C)cc1. The van der Waals surface area contributed by atoms with Gasteiger partial charge in [0.1, 0.15) is 0 Å². The van der Waals surface area contributed by atoms with Crippen molar-refractivity contribution in [2.75, 3.05) is 20.7 Å². The molecule has 1 rings (SSSR count). The van der Waals surface area contributed by atoms with Crippen molar-refractivity contribution in [1.29, 1.82) is 0 Å². The number of nitrogens with zero attached hydrogens (tertiary/aromatic N) is 1. The van der Waals surface area contributed by atoms with E-state index in [2.05, 4.69) is 38.1 Å². The highest BCUT2D eigenvalue weighted by atomic mass is 16.3. The predicted octanol–water partition coefficient (Wildman–Crippen LogP) is 2.41. The van der Waals surface area contributed by atoms with Crippen molar-refractivity contribution in [2.45, 2.75) is 25.8 Å². The third kappa shape index (κ3) is 3.05. The Morgan fingerprint density at radius 3 is 1.87 bits per heavy atom. The van der Waals surface area contributed by atoms with E-state index in [0.29, 0.717) is 5.92 Å². The fourth-order valence-corrected chi connectivity index (χ4v) is 1.67. The molecule has 2 nitrogen and oxygen atoms in total. The summed E-state index contributed by atoms with van der Waals surface area (Å²) in [5, 5.41) is 9.29. The van der Waals surface area contributed by atoms with E-state index in [0.717, 1.165) is 0 Å². The van der Waals surface area contributed by atoms with Crippen LogP contribution in [0.15, 0.2) is 24.3 Å². The number of benzene rings is 1. The Morgan fingerprint density at radius 2 is 1.53 bits per heavy atom. The molecule has 0 saturated carbocycles. The second kappa shape index (κ2) is 5.29. The summed E-state index contributed by atoms with van der Waals surface area (Å²) < 4.78 is 0. The minimum atomic E-state index is 0.103. The minimum Gasteiger partial charge on any atom is -0.394 e. The molecule has 0 fully saturated rings. The first-order valence-corrected chi connectivity index (χ1v) is 5.43. The van der Waals surface area contributed by atoms with Gasteiger partial charge in [0, 0.05) is 0 Å². The van der Waals surface area contributed by atoms with E-state index in [1.165, 1.54) is 11.1 Å². The lowest BCUT2D eigenvalue weighted by atomic mass is 9.99. The van der Waals surface area contributed by atoms with E-state index in [1.807, 2.05) is 19.0 Å². The molecule has 0 amide bonds. The minimum absolute atomic E-state index is 0.103. The molecule has 84 valence electrons. The van der Waals surface area contributed by atoms with Crippen LogP contribution in [0.2, 0.25) is 0 Å². The van der Waals surface area contributed by atoms with Crippen molar-refractivity contribution >= 4 is 0 Å². The van der Waals surface area contributed by atoms with Crippen LogP contribution in [0.4, 0.5) is 0 Å². The smallest absolute Gasteiger partial charge is 0.0628 e. The van der Waals surface area contributed by atoms with Gasteiger partial charge >= 0.3 is 0 Å². The normalized spacial score (nSPS) is 13.5. The molecule has 0 aliphatic heterocycles. The monoisotopic (exact) mass is 207 g/mol. The maximum Gasteiger partial charge on any atom is 0.0628 e. The van der Waals surface area contributed by atoms with Crippen LogP contribution in [0, 0.1) is 0 Å². The summed E-state index contributed by atoms with van der Waals surface area (Å²) in [6.07, 6.45) is 0. The zero-order valence-electron chi connectivity index (χ0n) is 10.1. The molecule has 1 atom stereocenters. The van der Waals surface area contributed by atoms with Gasteiger partial charge in [0.2, 0.25) is 0 Å². The van der Waals surface area contributed by atoms with E-state index in [-0.39, 0.29) is 12.6 Å². The first kappa shape index (κ1) is 12.2. The zero-order valence-corrected chi connectivity index (χ0v) is 10.1. The van der Waals surface area contributed by atoms with Crippen molar-refractivity contribution in [1.82, 2.24) is 4.90 Å². The van der Waals surface area contributed by atoms with Gasteiger partial charge in [-0.05, 0) is 31.1 Å². The Labute approximate surface area is 92.5 Å². The summed E-state index contributed by atoms with van der Waals surface area (Å²) in [6, 6.07) is 8.61.